The lowest BCUT2D eigenvalue weighted by atomic mass is 10.2. The van der Waals surface area contributed by atoms with Crippen LogP contribution in [0.4, 0.5) is 11.4 Å². The number of nitrogens with one attached hydrogen (secondary N) is 1. The number of benzene rings is 2. The van der Waals surface area contributed by atoms with E-state index in [0.717, 1.165) is 14.8 Å². The van der Waals surface area contributed by atoms with Gasteiger partial charge in [0, 0.05) is 28.2 Å². The molecule has 0 bridgehead atoms. The standard InChI is InChI=1S/C18H16IN3O/c1-13-10-15(19)8-9-17(13)21-18(23)14(11-20)12-22(2)16-6-4-3-5-7-16/h3-10,12H,1-2H3,(H,21,23)/b14-12-. The van der Waals surface area contributed by atoms with Crippen LogP contribution >= 0.6 is 22.6 Å². The molecule has 0 spiro atoms. The Morgan fingerprint density at radius 3 is 2.57 bits per heavy atom. The number of halogens is 1. The summed E-state index contributed by atoms with van der Waals surface area (Å²) in [4.78, 5) is 14.1. The number of rotatable bonds is 4. The maximum atomic E-state index is 12.3. The van der Waals surface area contributed by atoms with E-state index in [1.165, 1.54) is 6.20 Å². The summed E-state index contributed by atoms with van der Waals surface area (Å²) in [5.41, 5.74) is 2.62. The van der Waals surface area contributed by atoms with E-state index in [2.05, 4.69) is 27.9 Å². The van der Waals surface area contributed by atoms with Crippen molar-refractivity contribution in [1.29, 1.82) is 5.26 Å². The number of para-hydroxylation sites is 1. The summed E-state index contributed by atoms with van der Waals surface area (Å²) in [6.07, 6.45) is 1.53. The van der Waals surface area contributed by atoms with Crippen LogP contribution in [0.25, 0.3) is 0 Å². The normalized spacial score (nSPS) is 10.8. The van der Waals surface area contributed by atoms with Gasteiger partial charge in [-0.05, 0) is 65.4 Å². The average Bonchev–Trinajstić information content (AvgIpc) is 2.55. The molecule has 1 N–H and O–H groups in total. The largest absolute Gasteiger partial charge is 0.350 e. The highest BCUT2D eigenvalue weighted by atomic mass is 127. The molecule has 0 aromatic heterocycles. The molecule has 116 valence electrons. The quantitative estimate of drug-likeness (QED) is 0.464. The molecule has 0 radical (unpaired) electrons. The molecule has 0 saturated heterocycles. The van der Waals surface area contributed by atoms with Gasteiger partial charge in [-0.3, -0.25) is 4.79 Å². The van der Waals surface area contributed by atoms with Crippen molar-refractivity contribution in [2.75, 3.05) is 17.3 Å². The second kappa shape index (κ2) is 7.79. The number of hydrogen-bond donors (Lipinski definition) is 1. The summed E-state index contributed by atoms with van der Waals surface area (Å²) < 4.78 is 1.10. The number of amides is 1. The van der Waals surface area contributed by atoms with E-state index >= 15 is 0 Å². The van der Waals surface area contributed by atoms with Gasteiger partial charge >= 0.3 is 0 Å². The molecule has 0 saturated carbocycles. The van der Waals surface area contributed by atoms with Crippen molar-refractivity contribution in [2.45, 2.75) is 6.92 Å². The Hall–Kier alpha value is -2.33. The van der Waals surface area contributed by atoms with Gasteiger partial charge in [-0.15, -0.1) is 0 Å². The van der Waals surface area contributed by atoms with Crippen LogP contribution in [-0.4, -0.2) is 13.0 Å². The van der Waals surface area contributed by atoms with E-state index < -0.39 is 5.91 Å². The van der Waals surface area contributed by atoms with E-state index in [0.29, 0.717) is 5.69 Å². The van der Waals surface area contributed by atoms with Crippen LogP contribution in [0.3, 0.4) is 0 Å². The number of nitrogens with zero attached hydrogens (tertiary/aromatic N) is 2. The van der Waals surface area contributed by atoms with E-state index in [-0.39, 0.29) is 5.57 Å². The molecule has 2 aromatic rings. The SMILES string of the molecule is Cc1cc(I)ccc1NC(=O)/C(C#N)=C\N(C)c1ccccc1. The van der Waals surface area contributed by atoms with Crippen molar-refractivity contribution in [2.24, 2.45) is 0 Å². The van der Waals surface area contributed by atoms with Gasteiger partial charge in [0.2, 0.25) is 0 Å². The molecule has 0 unspecified atom stereocenters. The van der Waals surface area contributed by atoms with Crippen LogP contribution in [-0.2, 0) is 4.79 Å². The van der Waals surface area contributed by atoms with E-state index in [9.17, 15) is 10.1 Å². The zero-order valence-corrected chi connectivity index (χ0v) is 15.0. The molecule has 0 heterocycles. The van der Waals surface area contributed by atoms with Crippen molar-refractivity contribution in [3.05, 3.63) is 69.4 Å². The first kappa shape index (κ1) is 17.0. The fourth-order valence-corrected chi connectivity index (χ4v) is 2.67. The summed E-state index contributed by atoms with van der Waals surface area (Å²) in [5, 5.41) is 12.1. The predicted octanol–water partition coefficient (Wildman–Crippen LogP) is 4.08. The summed E-state index contributed by atoms with van der Waals surface area (Å²) in [6.45, 7) is 1.92. The highest BCUT2D eigenvalue weighted by Gasteiger charge is 2.12. The lowest BCUT2D eigenvalue weighted by molar-refractivity contribution is -0.112. The first-order valence-corrected chi connectivity index (χ1v) is 8.06. The molecule has 5 heteroatoms. The molecular formula is C18H16IN3O. The Labute approximate surface area is 149 Å². The molecule has 0 aliphatic carbocycles. The van der Waals surface area contributed by atoms with Crippen molar-refractivity contribution in [3.63, 3.8) is 0 Å². The van der Waals surface area contributed by atoms with Gasteiger partial charge < -0.3 is 10.2 Å². The van der Waals surface area contributed by atoms with Crippen molar-refractivity contribution < 1.29 is 4.79 Å². The van der Waals surface area contributed by atoms with Gasteiger partial charge in [-0.1, -0.05) is 18.2 Å². The Morgan fingerprint density at radius 2 is 1.96 bits per heavy atom. The molecule has 1 amide bonds. The average molecular weight is 417 g/mol. The highest BCUT2D eigenvalue weighted by Crippen LogP contribution is 2.19. The minimum Gasteiger partial charge on any atom is -0.350 e. The van der Waals surface area contributed by atoms with Gasteiger partial charge in [0.15, 0.2) is 0 Å². The monoisotopic (exact) mass is 417 g/mol. The summed E-state index contributed by atoms with van der Waals surface area (Å²) in [6, 6.07) is 17.2. The third kappa shape index (κ3) is 4.57. The molecule has 2 aromatic carbocycles. The van der Waals surface area contributed by atoms with Crippen molar-refractivity contribution >= 4 is 39.9 Å². The van der Waals surface area contributed by atoms with Crippen LogP contribution in [0, 0.1) is 21.8 Å². The van der Waals surface area contributed by atoms with Crippen LogP contribution in [0.1, 0.15) is 5.56 Å². The number of anilines is 2. The summed E-state index contributed by atoms with van der Waals surface area (Å²) in [7, 11) is 1.80. The fourth-order valence-electron chi connectivity index (χ4n) is 2.03. The van der Waals surface area contributed by atoms with Gasteiger partial charge in [-0.25, -0.2) is 0 Å². The van der Waals surface area contributed by atoms with E-state index in [4.69, 9.17) is 0 Å². The van der Waals surface area contributed by atoms with Gasteiger partial charge in [0.05, 0.1) is 0 Å². The number of nitriles is 1. The Bertz CT molecular complexity index is 779. The molecule has 4 nitrogen and oxygen atoms in total. The molecule has 23 heavy (non-hydrogen) atoms. The third-order valence-electron chi connectivity index (χ3n) is 3.29. The summed E-state index contributed by atoms with van der Waals surface area (Å²) in [5.74, 6) is -0.417. The van der Waals surface area contributed by atoms with Crippen molar-refractivity contribution in [3.8, 4) is 6.07 Å². The second-order valence-electron chi connectivity index (χ2n) is 5.01. The zero-order valence-electron chi connectivity index (χ0n) is 12.9. The topological polar surface area (TPSA) is 56.1 Å². The smallest absolute Gasteiger partial charge is 0.267 e. The van der Waals surface area contributed by atoms with Crippen LogP contribution in [0.5, 0.6) is 0 Å². The fraction of sp³-hybridized carbons (Fsp3) is 0.111. The van der Waals surface area contributed by atoms with Crippen molar-refractivity contribution in [1.82, 2.24) is 0 Å². The number of aryl methyl sites for hydroxylation is 1. The maximum absolute atomic E-state index is 12.3. The first-order valence-electron chi connectivity index (χ1n) is 6.98. The molecule has 0 aliphatic rings. The first-order chi connectivity index (χ1) is 11.0. The molecule has 2 rings (SSSR count). The summed E-state index contributed by atoms with van der Waals surface area (Å²) >= 11 is 2.22. The lowest BCUT2D eigenvalue weighted by Gasteiger charge is -2.15. The van der Waals surface area contributed by atoms with Gasteiger partial charge in [0.25, 0.3) is 5.91 Å². The lowest BCUT2D eigenvalue weighted by Crippen LogP contribution is -2.18. The number of carbonyl (C=O) groups excluding carboxylic acids is 1. The minimum absolute atomic E-state index is 0.0503. The molecular weight excluding hydrogens is 401 g/mol. The van der Waals surface area contributed by atoms with Crippen LogP contribution in [0.15, 0.2) is 60.3 Å². The zero-order chi connectivity index (χ0) is 16.8. The van der Waals surface area contributed by atoms with Gasteiger partial charge in [0.1, 0.15) is 11.6 Å². The molecule has 0 aliphatic heterocycles. The number of hydrogen-bond acceptors (Lipinski definition) is 3. The minimum atomic E-state index is -0.417. The second-order valence-corrected chi connectivity index (χ2v) is 6.26. The molecule has 0 fully saturated rings. The Kier molecular flexibility index (Phi) is 5.77. The highest BCUT2D eigenvalue weighted by molar-refractivity contribution is 14.1. The van der Waals surface area contributed by atoms with Crippen LogP contribution < -0.4 is 10.2 Å². The Morgan fingerprint density at radius 1 is 1.26 bits per heavy atom. The maximum Gasteiger partial charge on any atom is 0.267 e. The molecule has 0 atom stereocenters. The predicted molar refractivity (Wildman–Crippen MR) is 101 cm³/mol. The van der Waals surface area contributed by atoms with E-state index in [1.54, 1.807) is 11.9 Å². The number of carbonyl (C=O) groups is 1. The van der Waals surface area contributed by atoms with Crippen LogP contribution in [0.2, 0.25) is 0 Å². The Balaban J connectivity index is 2.18. The van der Waals surface area contributed by atoms with Gasteiger partial charge in [-0.2, -0.15) is 5.26 Å². The van der Waals surface area contributed by atoms with E-state index in [1.807, 2.05) is 61.5 Å². The third-order valence-corrected chi connectivity index (χ3v) is 3.96.